The molecule has 1 aromatic rings. The van der Waals surface area contributed by atoms with Gasteiger partial charge in [0.05, 0.1) is 19.1 Å². The molecule has 32 heavy (non-hydrogen) atoms. The molecule has 0 saturated heterocycles. The molecule has 1 fully saturated rings. The van der Waals surface area contributed by atoms with Gasteiger partial charge in [0.25, 0.3) is 0 Å². The van der Waals surface area contributed by atoms with Crippen LogP contribution in [0.2, 0.25) is 0 Å². The second-order valence-electron chi connectivity index (χ2n) is 9.00. The molecule has 2 rings (SSSR count). The van der Waals surface area contributed by atoms with Crippen molar-refractivity contribution in [2.75, 3.05) is 6.61 Å². The molecule has 3 N–H and O–H groups in total. The minimum atomic E-state index is -1.44. The number of aliphatic hydroxyl groups is 1. The maximum atomic E-state index is 13.1. The Hall–Kier alpha value is -2.41. The topological polar surface area (TPSA) is 105 Å². The molecule has 0 heterocycles. The fourth-order valence-electron chi connectivity index (χ4n) is 4.25. The van der Waals surface area contributed by atoms with E-state index >= 15 is 0 Å². The highest BCUT2D eigenvalue weighted by molar-refractivity contribution is 5.89. The van der Waals surface area contributed by atoms with Gasteiger partial charge >= 0.3 is 5.97 Å². The van der Waals surface area contributed by atoms with Gasteiger partial charge < -0.3 is 20.5 Å². The molecule has 0 unspecified atom stereocenters. The van der Waals surface area contributed by atoms with Gasteiger partial charge in [-0.15, -0.1) is 0 Å². The van der Waals surface area contributed by atoms with Crippen LogP contribution in [0.4, 0.5) is 0 Å². The Morgan fingerprint density at radius 1 is 1.06 bits per heavy atom. The zero-order valence-electron chi connectivity index (χ0n) is 19.5. The van der Waals surface area contributed by atoms with Gasteiger partial charge in [-0.05, 0) is 30.7 Å². The zero-order valence-corrected chi connectivity index (χ0v) is 19.5. The number of carbonyl (C=O) groups is 3. The second-order valence-corrected chi connectivity index (χ2v) is 9.00. The summed E-state index contributed by atoms with van der Waals surface area (Å²) in [5, 5.41) is 16.3. The van der Waals surface area contributed by atoms with Gasteiger partial charge in [0.1, 0.15) is 6.04 Å². The fourth-order valence-corrected chi connectivity index (χ4v) is 4.25. The largest absolute Gasteiger partial charge is 0.464 e. The highest BCUT2D eigenvalue weighted by Crippen LogP contribution is 2.28. The Morgan fingerprint density at radius 3 is 2.31 bits per heavy atom. The Balaban J connectivity index is 2.06. The van der Waals surface area contributed by atoms with Crippen LogP contribution < -0.4 is 10.6 Å². The predicted molar refractivity (Wildman–Crippen MR) is 123 cm³/mol. The number of amides is 2. The lowest BCUT2D eigenvalue weighted by molar-refractivity contribution is -0.155. The molecular weight excluding hydrogens is 408 g/mol. The van der Waals surface area contributed by atoms with Crippen molar-refractivity contribution in [2.45, 2.75) is 83.9 Å². The SMILES string of the molecule is CCOC(=O)[C@H](O)[C@H](CC1CCCCC1)NC(=O)[C@@H](NC(=O)Cc1ccccc1)C(C)C. The molecular formula is C25H38N2O5. The van der Waals surface area contributed by atoms with Gasteiger partial charge in [0, 0.05) is 0 Å². The van der Waals surface area contributed by atoms with Crippen LogP contribution in [0.3, 0.4) is 0 Å². The lowest BCUT2D eigenvalue weighted by Crippen LogP contribution is -2.56. The summed E-state index contributed by atoms with van der Waals surface area (Å²) in [6, 6.07) is 7.81. The second kappa shape index (κ2) is 13.2. The van der Waals surface area contributed by atoms with E-state index in [0.29, 0.717) is 12.3 Å². The highest BCUT2D eigenvalue weighted by atomic mass is 16.5. The monoisotopic (exact) mass is 446 g/mol. The van der Waals surface area contributed by atoms with E-state index in [1.165, 1.54) is 6.42 Å². The Morgan fingerprint density at radius 2 is 1.72 bits per heavy atom. The smallest absolute Gasteiger partial charge is 0.337 e. The summed E-state index contributed by atoms with van der Waals surface area (Å²) in [5.41, 5.74) is 0.862. The first-order valence-corrected chi connectivity index (χ1v) is 11.8. The number of rotatable bonds is 11. The first-order valence-electron chi connectivity index (χ1n) is 11.8. The summed E-state index contributed by atoms with van der Waals surface area (Å²) in [4.78, 5) is 37.9. The van der Waals surface area contributed by atoms with E-state index in [1.54, 1.807) is 6.92 Å². The molecule has 1 saturated carbocycles. The lowest BCUT2D eigenvalue weighted by Gasteiger charge is -2.31. The summed E-state index contributed by atoms with van der Waals surface area (Å²) in [6.45, 7) is 5.54. The molecule has 7 heteroatoms. The van der Waals surface area contributed by atoms with E-state index in [9.17, 15) is 19.5 Å². The van der Waals surface area contributed by atoms with Crippen molar-refractivity contribution in [2.24, 2.45) is 11.8 Å². The van der Waals surface area contributed by atoms with E-state index in [2.05, 4.69) is 10.6 Å². The van der Waals surface area contributed by atoms with Crippen LogP contribution in [0.15, 0.2) is 30.3 Å². The number of nitrogens with one attached hydrogen (secondary N) is 2. The van der Waals surface area contributed by atoms with Crippen LogP contribution in [0.25, 0.3) is 0 Å². The number of ether oxygens (including phenoxy) is 1. The maximum absolute atomic E-state index is 13.1. The fraction of sp³-hybridized carbons (Fsp3) is 0.640. The molecule has 178 valence electrons. The van der Waals surface area contributed by atoms with Crippen LogP contribution >= 0.6 is 0 Å². The van der Waals surface area contributed by atoms with Crippen molar-refractivity contribution < 1.29 is 24.2 Å². The number of hydrogen-bond donors (Lipinski definition) is 3. The van der Waals surface area contributed by atoms with E-state index in [0.717, 1.165) is 31.2 Å². The first-order chi connectivity index (χ1) is 15.3. The van der Waals surface area contributed by atoms with Crippen molar-refractivity contribution in [3.63, 3.8) is 0 Å². The maximum Gasteiger partial charge on any atom is 0.337 e. The van der Waals surface area contributed by atoms with E-state index in [-0.39, 0.29) is 24.9 Å². The molecule has 0 aliphatic heterocycles. The Labute approximate surface area is 191 Å². The molecule has 1 aliphatic rings. The first kappa shape index (κ1) is 25.8. The van der Waals surface area contributed by atoms with Crippen molar-refractivity contribution in [1.29, 1.82) is 0 Å². The highest BCUT2D eigenvalue weighted by Gasteiger charge is 2.34. The van der Waals surface area contributed by atoms with Crippen LogP contribution in [0.5, 0.6) is 0 Å². The van der Waals surface area contributed by atoms with Gasteiger partial charge in [-0.3, -0.25) is 9.59 Å². The average Bonchev–Trinajstić information content (AvgIpc) is 2.77. The van der Waals surface area contributed by atoms with E-state index < -0.39 is 30.1 Å². The van der Waals surface area contributed by atoms with Crippen LogP contribution in [-0.2, 0) is 25.5 Å². The van der Waals surface area contributed by atoms with Gasteiger partial charge in [0.2, 0.25) is 11.8 Å². The minimum absolute atomic E-state index is 0.157. The third-order valence-corrected chi connectivity index (χ3v) is 6.02. The van der Waals surface area contributed by atoms with Crippen LogP contribution in [0.1, 0.15) is 64.9 Å². The summed E-state index contributed by atoms with van der Waals surface area (Å²) >= 11 is 0. The van der Waals surface area contributed by atoms with Gasteiger partial charge in [0.15, 0.2) is 6.10 Å². The molecule has 0 spiro atoms. The number of esters is 1. The van der Waals surface area contributed by atoms with Gasteiger partial charge in [-0.1, -0.05) is 76.3 Å². The lowest BCUT2D eigenvalue weighted by atomic mass is 9.83. The predicted octanol–water partition coefficient (Wildman–Crippen LogP) is 2.75. The number of aliphatic hydroxyl groups excluding tert-OH is 1. The summed E-state index contributed by atoms with van der Waals surface area (Å²) in [5.74, 6) is -1.21. The molecule has 7 nitrogen and oxygen atoms in total. The van der Waals surface area contributed by atoms with Gasteiger partial charge in [-0.2, -0.15) is 0 Å². The quantitative estimate of drug-likeness (QED) is 0.454. The van der Waals surface area contributed by atoms with Crippen LogP contribution in [0, 0.1) is 11.8 Å². The van der Waals surface area contributed by atoms with Crippen LogP contribution in [-0.4, -0.2) is 47.7 Å². The normalized spacial score (nSPS) is 17.3. The number of benzene rings is 1. The molecule has 3 atom stereocenters. The number of hydrogen-bond acceptors (Lipinski definition) is 5. The van der Waals surface area contributed by atoms with Crippen molar-refractivity contribution >= 4 is 17.8 Å². The standard InChI is InChI=1S/C25H38N2O5/c1-4-32-25(31)23(29)20(15-18-11-7-5-8-12-18)26-24(30)22(17(2)3)27-21(28)16-19-13-9-6-10-14-19/h6,9-10,13-14,17-18,20,22-23,29H,4-5,7-8,11-12,15-16H2,1-3H3,(H,26,30)(H,27,28)/t20-,22-,23+/m0/s1. The van der Waals surface area contributed by atoms with Gasteiger partial charge in [-0.25, -0.2) is 4.79 Å². The van der Waals surface area contributed by atoms with Crippen molar-refractivity contribution in [3.8, 4) is 0 Å². The van der Waals surface area contributed by atoms with Crippen molar-refractivity contribution in [3.05, 3.63) is 35.9 Å². The molecule has 1 aromatic carbocycles. The molecule has 0 bridgehead atoms. The molecule has 0 radical (unpaired) electrons. The van der Waals surface area contributed by atoms with Crippen molar-refractivity contribution in [1.82, 2.24) is 10.6 Å². The molecule has 0 aromatic heterocycles. The summed E-state index contributed by atoms with van der Waals surface area (Å²) < 4.78 is 4.98. The minimum Gasteiger partial charge on any atom is -0.464 e. The summed E-state index contributed by atoms with van der Waals surface area (Å²) in [7, 11) is 0. The zero-order chi connectivity index (χ0) is 23.5. The molecule has 2 amide bonds. The number of carbonyl (C=O) groups excluding carboxylic acids is 3. The molecule has 1 aliphatic carbocycles. The van der Waals surface area contributed by atoms with E-state index in [1.807, 2.05) is 44.2 Å². The average molecular weight is 447 g/mol. The summed E-state index contributed by atoms with van der Waals surface area (Å²) in [6.07, 6.45) is 4.70. The third kappa shape index (κ3) is 8.26. The Kier molecular flexibility index (Phi) is 10.7. The Bertz CT molecular complexity index is 731. The third-order valence-electron chi connectivity index (χ3n) is 6.02. The van der Waals surface area contributed by atoms with E-state index in [4.69, 9.17) is 4.74 Å².